The molecule has 0 aromatic heterocycles. The number of nitrogens with zero attached hydrogens (tertiary/aromatic N) is 1. The van der Waals surface area contributed by atoms with Gasteiger partial charge >= 0.3 is 0 Å². The van der Waals surface area contributed by atoms with Gasteiger partial charge in [0.15, 0.2) is 6.61 Å². The number of carbonyl (C=O) groups excluding carboxylic acids is 2. The number of amides is 2. The first-order valence-corrected chi connectivity index (χ1v) is 13.4. The molecule has 2 amide bonds. The number of hydrogen-bond acceptors (Lipinski definition) is 3. The summed E-state index contributed by atoms with van der Waals surface area (Å²) < 4.78 is 5.99. The fourth-order valence-electron chi connectivity index (χ4n) is 4.86. The predicted octanol–water partition coefficient (Wildman–Crippen LogP) is 6.03. The van der Waals surface area contributed by atoms with Gasteiger partial charge in [0.25, 0.3) is 5.91 Å². The van der Waals surface area contributed by atoms with E-state index in [1.807, 2.05) is 80.6 Å². The maximum atomic E-state index is 13.8. The largest absolute Gasteiger partial charge is 0.483 e. The molecule has 6 heteroatoms. The Balaban J connectivity index is 1.62. The highest BCUT2D eigenvalue weighted by Crippen LogP contribution is 2.23. The van der Waals surface area contributed by atoms with E-state index in [-0.39, 0.29) is 31.0 Å². The van der Waals surface area contributed by atoms with Gasteiger partial charge < -0.3 is 15.0 Å². The Kier molecular flexibility index (Phi) is 9.24. The summed E-state index contributed by atoms with van der Waals surface area (Å²) in [6, 6.07) is 22.5. The molecule has 0 heterocycles. The van der Waals surface area contributed by atoms with E-state index < -0.39 is 6.04 Å². The van der Waals surface area contributed by atoms with E-state index in [1.165, 1.54) is 0 Å². The second-order valence-corrected chi connectivity index (χ2v) is 10.3. The van der Waals surface area contributed by atoms with Gasteiger partial charge in [0.1, 0.15) is 11.8 Å². The smallest absolute Gasteiger partial charge is 0.261 e. The van der Waals surface area contributed by atoms with E-state index in [4.69, 9.17) is 16.3 Å². The molecule has 0 unspecified atom stereocenters. The first kappa shape index (κ1) is 26.7. The predicted molar refractivity (Wildman–Crippen MR) is 148 cm³/mol. The van der Waals surface area contributed by atoms with Crippen LogP contribution < -0.4 is 10.1 Å². The highest BCUT2D eigenvalue weighted by atomic mass is 35.5. The van der Waals surface area contributed by atoms with Crippen LogP contribution in [0.1, 0.15) is 47.9 Å². The third-order valence-electron chi connectivity index (χ3n) is 7.12. The SMILES string of the molecule is Cc1cccc(OCC(=O)N(Cc2cccc(Cl)c2)[C@H](Cc2ccccc2)C(=O)NC2CCCC2)c1C. The lowest BCUT2D eigenvalue weighted by Crippen LogP contribution is -2.53. The fourth-order valence-corrected chi connectivity index (χ4v) is 5.07. The first-order chi connectivity index (χ1) is 17.9. The van der Waals surface area contributed by atoms with Crippen LogP contribution in [0.5, 0.6) is 5.75 Å². The Morgan fingerprint density at radius 1 is 0.973 bits per heavy atom. The maximum absolute atomic E-state index is 13.8. The van der Waals surface area contributed by atoms with Gasteiger partial charge in [-0.25, -0.2) is 0 Å². The molecule has 3 aromatic carbocycles. The minimum absolute atomic E-state index is 0.127. The monoisotopic (exact) mass is 518 g/mol. The van der Waals surface area contributed by atoms with Crippen molar-refractivity contribution in [2.75, 3.05) is 6.61 Å². The zero-order valence-electron chi connectivity index (χ0n) is 21.6. The van der Waals surface area contributed by atoms with Crippen molar-refractivity contribution in [3.63, 3.8) is 0 Å². The van der Waals surface area contributed by atoms with Crippen LogP contribution in [0.15, 0.2) is 72.8 Å². The van der Waals surface area contributed by atoms with E-state index in [0.717, 1.165) is 47.9 Å². The minimum Gasteiger partial charge on any atom is -0.483 e. The molecule has 1 fully saturated rings. The van der Waals surface area contributed by atoms with Gasteiger partial charge in [-0.2, -0.15) is 0 Å². The number of benzene rings is 3. The summed E-state index contributed by atoms with van der Waals surface area (Å²) in [4.78, 5) is 29.1. The molecule has 1 aliphatic carbocycles. The van der Waals surface area contributed by atoms with Crippen LogP contribution in [-0.4, -0.2) is 35.4 Å². The van der Waals surface area contributed by atoms with Crippen molar-refractivity contribution >= 4 is 23.4 Å². The highest BCUT2D eigenvalue weighted by molar-refractivity contribution is 6.30. The summed E-state index contributed by atoms with van der Waals surface area (Å²) in [5.41, 5.74) is 3.95. The Morgan fingerprint density at radius 2 is 1.68 bits per heavy atom. The molecule has 1 atom stereocenters. The molecule has 4 rings (SSSR count). The molecule has 0 aliphatic heterocycles. The van der Waals surface area contributed by atoms with Crippen molar-refractivity contribution in [3.05, 3.63) is 100 Å². The molecule has 37 heavy (non-hydrogen) atoms. The van der Waals surface area contributed by atoms with Crippen LogP contribution >= 0.6 is 11.6 Å². The number of rotatable bonds is 10. The van der Waals surface area contributed by atoms with E-state index in [1.54, 1.807) is 11.0 Å². The second-order valence-electron chi connectivity index (χ2n) is 9.83. The second kappa shape index (κ2) is 12.8. The van der Waals surface area contributed by atoms with Crippen molar-refractivity contribution in [1.29, 1.82) is 0 Å². The van der Waals surface area contributed by atoms with E-state index >= 15 is 0 Å². The number of halogens is 1. The van der Waals surface area contributed by atoms with Crippen molar-refractivity contribution in [2.24, 2.45) is 0 Å². The third kappa shape index (κ3) is 7.36. The van der Waals surface area contributed by atoms with Gasteiger partial charge in [0, 0.05) is 24.0 Å². The third-order valence-corrected chi connectivity index (χ3v) is 7.36. The molecule has 1 aliphatic rings. The molecule has 0 radical (unpaired) electrons. The van der Waals surface area contributed by atoms with E-state index in [2.05, 4.69) is 5.32 Å². The lowest BCUT2D eigenvalue weighted by Gasteiger charge is -2.32. The highest BCUT2D eigenvalue weighted by Gasteiger charge is 2.32. The van der Waals surface area contributed by atoms with Crippen LogP contribution in [0.2, 0.25) is 5.02 Å². The van der Waals surface area contributed by atoms with Crippen molar-refractivity contribution in [2.45, 2.75) is 64.6 Å². The van der Waals surface area contributed by atoms with Gasteiger partial charge in [-0.3, -0.25) is 9.59 Å². The molecule has 0 spiro atoms. The average molecular weight is 519 g/mol. The van der Waals surface area contributed by atoms with Crippen molar-refractivity contribution in [3.8, 4) is 5.75 Å². The van der Waals surface area contributed by atoms with Crippen molar-refractivity contribution in [1.82, 2.24) is 10.2 Å². The summed E-state index contributed by atoms with van der Waals surface area (Å²) >= 11 is 6.26. The number of nitrogens with one attached hydrogen (secondary N) is 1. The fraction of sp³-hybridized carbons (Fsp3) is 0.355. The van der Waals surface area contributed by atoms with Crippen LogP contribution in [0.4, 0.5) is 0 Å². The Labute approximate surface area is 224 Å². The Hall–Kier alpha value is -3.31. The standard InChI is InChI=1S/C31H35ClN2O3/c1-22-10-8-17-29(23(22)2)37-21-30(35)34(20-25-13-9-14-26(32)18-25)28(19-24-11-4-3-5-12-24)31(36)33-27-15-6-7-16-27/h3-5,8-14,17-18,27-28H,6-7,15-16,19-21H2,1-2H3,(H,33,36)/t28-/m1/s1. The van der Waals surface area contributed by atoms with Gasteiger partial charge in [0.05, 0.1) is 0 Å². The van der Waals surface area contributed by atoms with Crippen LogP contribution in [0.25, 0.3) is 0 Å². The summed E-state index contributed by atoms with van der Waals surface area (Å²) in [7, 11) is 0. The van der Waals surface area contributed by atoms with Crippen molar-refractivity contribution < 1.29 is 14.3 Å². The van der Waals surface area contributed by atoms with Crippen LogP contribution in [-0.2, 0) is 22.6 Å². The molecule has 0 bridgehead atoms. The molecular formula is C31H35ClN2O3. The molecule has 194 valence electrons. The number of carbonyl (C=O) groups is 2. The Morgan fingerprint density at radius 3 is 2.41 bits per heavy atom. The zero-order valence-corrected chi connectivity index (χ0v) is 22.3. The number of hydrogen-bond donors (Lipinski definition) is 1. The minimum atomic E-state index is -0.684. The van der Waals surface area contributed by atoms with Gasteiger partial charge in [0.2, 0.25) is 5.91 Å². The average Bonchev–Trinajstić information content (AvgIpc) is 3.40. The van der Waals surface area contributed by atoms with Gasteiger partial charge in [-0.1, -0.05) is 79.0 Å². The summed E-state index contributed by atoms with van der Waals surface area (Å²) in [6.45, 7) is 4.09. The van der Waals surface area contributed by atoms with E-state index in [9.17, 15) is 9.59 Å². The normalized spacial score (nSPS) is 14.2. The number of ether oxygens (including phenoxy) is 1. The molecular weight excluding hydrogens is 484 g/mol. The quantitative estimate of drug-likeness (QED) is 0.356. The molecule has 0 saturated heterocycles. The molecule has 1 saturated carbocycles. The summed E-state index contributed by atoms with van der Waals surface area (Å²) in [5, 5.41) is 3.81. The Bertz CT molecular complexity index is 1210. The molecule has 5 nitrogen and oxygen atoms in total. The lowest BCUT2D eigenvalue weighted by molar-refractivity contribution is -0.143. The van der Waals surface area contributed by atoms with Crippen LogP contribution in [0, 0.1) is 13.8 Å². The summed E-state index contributed by atoms with van der Waals surface area (Å²) in [5.74, 6) is 0.298. The van der Waals surface area contributed by atoms with Gasteiger partial charge in [-0.05, 0) is 67.1 Å². The van der Waals surface area contributed by atoms with Gasteiger partial charge in [-0.15, -0.1) is 0 Å². The van der Waals surface area contributed by atoms with Crippen LogP contribution in [0.3, 0.4) is 0 Å². The lowest BCUT2D eigenvalue weighted by atomic mass is 10.0. The topological polar surface area (TPSA) is 58.6 Å². The first-order valence-electron chi connectivity index (χ1n) is 13.0. The molecule has 1 N–H and O–H groups in total. The maximum Gasteiger partial charge on any atom is 0.261 e. The zero-order chi connectivity index (χ0) is 26.2. The summed E-state index contributed by atoms with van der Waals surface area (Å²) in [6.07, 6.45) is 4.59. The molecule has 3 aromatic rings. The van der Waals surface area contributed by atoms with E-state index in [0.29, 0.717) is 17.2 Å². The number of aryl methyl sites for hydroxylation is 1.